The summed E-state index contributed by atoms with van der Waals surface area (Å²) in [4.78, 5) is 11.8. The molecule has 0 aliphatic carbocycles. The first-order valence-electron chi connectivity index (χ1n) is 11.9. The number of hydrogen-bond acceptors (Lipinski definition) is 6. The van der Waals surface area contributed by atoms with Crippen molar-refractivity contribution in [2.45, 2.75) is 25.8 Å². The number of halogens is 2. The molecule has 5 rings (SSSR count). The van der Waals surface area contributed by atoms with Gasteiger partial charge in [0.25, 0.3) is 0 Å². The molecule has 2 fully saturated rings. The van der Waals surface area contributed by atoms with Crippen LogP contribution in [-0.4, -0.2) is 76.9 Å². The van der Waals surface area contributed by atoms with Crippen molar-refractivity contribution < 1.29 is 8.78 Å². The average molecular weight is 468 g/mol. The Kier molecular flexibility index (Phi) is 6.47. The predicted octanol–water partition coefficient (Wildman–Crippen LogP) is 3.81. The lowest BCUT2D eigenvalue weighted by Crippen LogP contribution is -2.52. The van der Waals surface area contributed by atoms with Gasteiger partial charge < -0.3 is 15.1 Å². The molecular weight excluding hydrogens is 436 g/mol. The van der Waals surface area contributed by atoms with Gasteiger partial charge >= 0.3 is 0 Å². The van der Waals surface area contributed by atoms with Gasteiger partial charge in [0.15, 0.2) is 0 Å². The van der Waals surface area contributed by atoms with E-state index in [1.165, 1.54) is 54.8 Å². The molecule has 1 aromatic heterocycles. The van der Waals surface area contributed by atoms with Gasteiger partial charge in [0, 0.05) is 62.8 Å². The summed E-state index contributed by atoms with van der Waals surface area (Å²) in [6.07, 6.45) is 3.80. The maximum atomic E-state index is 13.6. The maximum absolute atomic E-state index is 13.6. The Labute approximate surface area is 199 Å². The zero-order valence-electron chi connectivity index (χ0n) is 19.7. The van der Waals surface area contributed by atoms with E-state index in [1.807, 2.05) is 6.07 Å². The molecule has 0 spiro atoms. The SMILES string of the molecule is Cc1cc(Nc2ncn(-c3cc(F)cc(F)c3)n2)cc(N2CCC(N3CCN(C)CC3)CC2)c1. The van der Waals surface area contributed by atoms with Crippen molar-refractivity contribution in [2.24, 2.45) is 0 Å². The Hall–Kier alpha value is -3.04. The van der Waals surface area contributed by atoms with Gasteiger partial charge in [0.1, 0.15) is 18.0 Å². The normalized spacial score (nSPS) is 18.4. The van der Waals surface area contributed by atoms with Crippen LogP contribution >= 0.6 is 0 Å². The summed E-state index contributed by atoms with van der Waals surface area (Å²) in [6.45, 7) is 8.81. The Morgan fingerprint density at radius 3 is 2.26 bits per heavy atom. The van der Waals surface area contributed by atoms with Crippen molar-refractivity contribution >= 4 is 17.3 Å². The second-order valence-electron chi connectivity index (χ2n) is 9.38. The van der Waals surface area contributed by atoms with E-state index in [0.717, 1.165) is 43.5 Å². The molecular formula is C25H31F2N7. The summed E-state index contributed by atoms with van der Waals surface area (Å²) in [5.74, 6) is -0.936. The molecule has 0 bridgehead atoms. The quantitative estimate of drug-likeness (QED) is 0.616. The van der Waals surface area contributed by atoms with E-state index in [4.69, 9.17) is 0 Å². The minimum Gasteiger partial charge on any atom is -0.371 e. The zero-order chi connectivity index (χ0) is 23.7. The van der Waals surface area contributed by atoms with Crippen molar-refractivity contribution in [1.82, 2.24) is 24.6 Å². The fraction of sp³-hybridized carbons (Fsp3) is 0.440. The van der Waals surface area contributed by atoms with Crippen molar-refractivity contribution in [1.29, 1.82) is 0 Å². The molecule has 0 radical (unpaired) electrons. The van der Waals surface area contributed by atoms with Crippen LogP contribution in [0, 0.1) is 18.6 Å². The summed E-state index contributed by atoms with van der Waals surface area (Å²) in [5, 5.41) is 7.57. The van der Waals surface area contributed by atoms with Gasteiger partial charge in [-0.05, 0) is 62.7 Å². The molecule has 2 aliphatic rings. The molecule has 2 saturated heterocycles. The third-order valence-corrected chi connectivity index (χ3v) is 6.81. The summed E-state index contributed by atoms with van der Waals surface area (Å²) >= 11 is 0. The first-order chi connectivity index (χ1) is 16.4. The van der Waals surface area contributed by atoms with Crippen LogP contribution in [0.5, 0.6) is 0 Å². The highest BCUT2D eigenvalue weighted by molar-refractivity contribution is 5.64. The van der Waals surface area contributed by atoms with Crippen LogP contribution < -0.4 is 10.2 Å². The van der Waals surface area contributed by atoms with Crippen molar-refractivity contribution in [3.05, 3.63) is 59.9 Å². The molecule has 2 aliphatic heterocycles. The van der Waals surface area contributed by atoms with E-state index in [9.17, 15) is 8.78 Å². The third-order valence-electron chi connectivity index (χ3n) is 6.81. The van der Waals surface area contributed by atoms with Gasteiger partial charge in [-0.25, -0.2) is 13.5 Å². The number of aryl methyl sites for hydroxylation is 1. The lowest BCUT2D eigenvalue weighted by molar-refractivity contribution is 0.0982. The number of piperidine rings is 1. The van der Waals surface area contributed by atoms with Gasteiger partial charge in [-0.3, -0.25) is 4.90 Å². The van der Waals surface area contributed by atoms with Gasteiger partial charge in [0.05, 0.1) is 5.69 Å². The van der Waals surface area contributed by atoms with Gasteiger partial charge in [-0.2, -0.15) is 4.98 Å². The zero-order valence-corrected chi connectivity index (χ0v) is 19.7. The lowest BCUT2D eigenvalue weighted by atomic mass is 10.0. The van der Waals surface area contributed by atoms with Crippen LogP contribution in [0.2, 0.25) is 0 Å². The van der Waals surface area contributed by atoms with Crippen LogP contribution in [0.15, 0.2) is 42.7 Å². The molecule has 0 unspecified atom stereocenters. The van der Waals surface area contributed by atoms with E-state index in [1.54, 1.807) is 0 Å². The van der Waals surface area contributed by atoms with E-state index in [-0.39, 0.29) is 5.69 Å². The van der Waals surface area contributed by atoms with Crippen LogP contribution in [0.25, 0.3) is 5.69 Å². The second-order valence-corrected chi connectivity index (χ2v) is 9.38. The third kappa shape index (κ3) is 5.20. The fourth-order valence-electron chi connectivity index (χ4n) is 4.94. The first-order valence-corrected chi connectivity index (χ1v) is 11.9. The highest BCUT2D eigenvalue weighted by atomic mass is 19.1. The van der Waals surface area contributed by atoms with Crippen LogP contribution in [0.1, 0.15) is 18.4 Å². The lowest BCUT2D eigenvalue weighted by Gasteiger charge is -2.42. The summed E-state index contributed by atoms with van der Waals surface area (Å²) in [6, 6.07) is 10.3. The smallest absolute Gasteiger partial charge is 0.246 e. The molecule has 0 saturated carbocycles. The number of hydrogen-bond donors (Lipinski definition) is 1. The van der Waals surface area contributed by atoms with E-state index in [0.29, 0.717) is 12.0 Å². The summed E-state index contributed by atoms with van der Waals surface area (Å²) in [5.41, 5.74) is 3.50. The Balaban J connectivity index is 1.25. The molecule has 0 atom stereocenters. The van der Waals surface area contributed by atoms with Crippen LogP contribution in [0.4, 0.5) is 26.1 Å². The largest absolute Gasteiger partial charge is 0.371 e. The molecule has 3 aromatic rings. The van der Waals surface area contributed by atoms with E-state index < -0.39 is 11.6 Å². The molecule has 180 valence electrons. The van der Waals surface area contributed by atoms with Gasteiger partial charge in [-0.1, -0.05) is 0 Å². The molecule has 9 heteroatoms. The number of nitrogens with zero attached hydrogens (tertiary/aromatic N) is 6. The summed E-state index contributed by atoms with van der Waals surface area (Å²) < 4.78 is 28.5. The number of rotatable bonds is 5. The average Bonchev–Trinajstić information content (AvgIpc) is 3.27. The molecule has 3 heterocycles. The van der Waals surface area contributed by atoms with Crippen LogP contribution in [0.3, 0.4) is 0 Å². The monoisotopic (exact) mass is 467 g/mol. The molecule has 34 heavy (non-hydrogen) atoms. The predicted molar refractivity (Wildman–Crippen MR) is 130 cm³/mol. The summed E-state index contributed by atoms with van der Waals surface area (Å²) in [7, 11) is 2.20. The first kappa shape index (κ1) is 22.7. The Morgan fingerprint density at radius 2 is 1.56 bits per heavy atom. The number of likely N-dealkylation sites (N-methyl/N-ethyl adjacent to an activating group) is 1. The second kappa shape index (κ2) is 9.68. The molecule has 2 aromatic carbocycles. The standard InChI is InChI=1S/C25H31F2N7/c1-18-11-21(29-25-28-17-34(30-25)24-14-19(26)13-20(27)15-24)16-23(12-18)32-5-3-22(4-6-32)33-9-7-31(2)8-10-33/h11-17,22H,3-10H2,1-2H3,(H,29,30). The van der Waals surface area contributed by atoms with Crippen molar-refractivity contribution in [3.63, 3.8) is 0 Å². The highest BCUT2D eigenvalue weighted by Gasteiger charge is 2.27. The number of aromatic nitrogens is 3. The topological polar surface area (TPSA) is 52.5 Å². The number of piperazine rings is 1. The van der Waals surface area contributed by atoms with Gasteiger partial charge in [0.2, 0.25) is 5.95 Å². The molecule has 0 amide bonds. The van der Waals surface area contributed by atoms with Crippen molar-refractivity contribution in [2.75, 3.05) is 56.5 Å². The highest BCUT2D eigenvalue weighted by Crippen LogP contribution is 2.28. The maximum Gasteiger partial charge on any atom is 0.246 e. The fourth-order valence-corrected chi connectivity index (χ4v) is 4.94. The Bertz CT molecular complexity index is 1110. The number of anilines is 3. The number of nitrogens with one attached hydrogen (secondary N) is 1. The molecule has 7 nitrogen and oxygen atoms in total. The van der Waals surface area contributed by atoms with Crippen LogP contribution in [-0.2, 0) is 0 Å². The minimum atomic E-state index is -0.653. The Morgan fingerprint density at radius 1 is 0.853 bits per heavy atom. The van der Waals surface area contributed by atoms with Crippen molar-refractivity contribution in [3.8, 4) is 5.69 Å². The van der Waals surface area contributed by atoms with Gasteiger partial charge in [-0.15, -0.1) is 5.10 Å². The van der Waals surface area contributed by atoms with E-state index >= 15 is 0 Å². The molecule has 1 N–H and O–H groups in total. The van der Waals surface area contributed by atoms with E-state index in [2.05, 4.69) is 56.2 Å². The minimum absolute atomic E-state index is 0.284. The number of benzene rings is 2.